The van der Waals surface area contributed by atoms with Crippen LogP contribution < -0.4 is 5.14 Å². The molecule has 8 nitrogen and oxygen atoms in total. The number of allylic oxidation sites excluding steroid dienone is 2. The van der Waals surface area contributed by atoms with Crippen LogP contribution in [0.1, 0.15) is 24.0 Å². The van der Waals surface area contributed by atoms with Crippen LogP contribution in [0.15, 0.2) is 47.5 Å². The van der Waals surface area contributed by atoms with E-state index in [-0.39, 0.29) is 17.7 Å². The molecule has 30 heavy (non-hydrogen) atoms. The van der Waals surface area contributed by atoms with Crippen molar-refractivity contribution in [3.05, 3.63) is 59.7 Å². The fourth-order valence-corrected chi connectivity index (χ4v) is 4.11. The van der Waals surface area contributed by atoms with E-state index in [1.807, 2.05) is 0 Å². The number of nitrogens with two attached hydrogens (primary N) is 1. The highest BCUT2D eigenvalue weighted by molar-refractivity contribution is 7.89. The molecule has 0 fully saturated rings. The molecule has 0 bridgehead atoms. The lowest BCUT2D eigenvalue weighted by atomic mass is 9.82. The highest BCUT2D eigenvalue weighted by Gasteiger charge is 2.53. The van der Waals surface area contributed by atoms with Crippen LogP contribution in [0.5, 0.6) is 0 Å². The van der Waals surface area contributed by atoms with Gasteiger partial charge < -0.3 is 9.47 Å². The summed E-state index contributed by atoms with van der Waals surface area (Å²) < 4.78 is 46.2. The maximum atomic E-state index is 13.3. The molecule has 0 aliphatic heterocycles. The van der Waals surface area contributed by atoms with Crippen LogP contribution in [-0.2, 0) is 29.1 Å². The third kappa shape index (κ3) is 3.83. The van der Waals surface area contributed by atoms with Gasteiger partial charge in [-0.05, 0) is 46.5 Å². The van der Waals surface area contributed by atoms with E-state index in [9.17, 15) is 22.4 Å². The molecule has 0 saturated carbocycles. The van der Waals surface area contributed by atoms with Crippen LogP contribution in [0.3, 0.4) is 0 Å². The molecular formula is C20H19FN2O6S. The molecule has 1 aliphatic rings. The smallest absolute Gasteiger partial charge is 0.323 e. The van der Waals surface area contributed by atoms with E-state index >= 15 is 0 Å². The molecule has 0 radical (unpaired) electrons. The first-order chi connectivity index (χ1) is 14.1. The molecule has 2 aromatic rings. The van der Waals surface area contributed by atoms with Gasteiger partial charge in [0.2, 0.25) is 16.0 Å². The van der Waals surface area contributed by atoms with Crippen LogP contribution in [0.2, 0.25) is 0 Å². The number of nitrogens with zero attached hydrogens (tertiary/aromatic N) is 1. The van der Waals surface area contributed by atoms with Gasteiger partial charge >= 0.3 is 11.9 Å². The zero-order chi connectivity index (χ0) is 22.1. The molecule has 2 N–H and O–H groups in total. The van der Waals surface area contributed by atoms with Crippen molar-refractivity contribution in [2.24, 2.45) is 10.6 Å². The predicted octanol–water partition coefficient (Wildman–Crippen LogP) is 1.91. The Morgan fingerprint density at radius 1 is 0.967 bits per heavy atom. The SMILES string of the molecule is COC(=O)C1(C(=O)OC)CC(c2ccc(S(N)(=O)=O)cc2)=C(c2ccc(F)nc2)C1. The van der Waals surface area contributed by atoms with Gasteiger partial charge in [-0.3, -0.25) is 9.59 Å². The number of halogens is 1. The molecule has 0 unspecified atom stereocenters. The van der Waals surface area contributed by atoms with E-state index < -0.39 is 33.3 Å². The molecule has 158 valence electrons. The number of hydrogen-bond donors (Lipinski definition) is 1. The number of rotatable bonds is 5. The van der Waals surface area contributed by atoms with Crippen molar-refractivity contribution in [1.29, 1.82) is 0 Å². The number of aromatic nitrogens is 1. The average molecular weight is 434 g/mol. The number of primary sulfonamides is 1. The third-order valence-corrected chi connectivity index (χ3v) is 6.01. The molecule has 1 heterocycles. The third-order valence-electron chi connectivity index (χ3n) is 5.08. The lowest BCUT2D eigenvalue weighted by molar-refractivity contribution is -0.167. The van der Waals surface area contributed by atoms with Crippen molar-refractivity contribution in [3.8, 4) is 0 Å². The number of carbonyl (C=O) groups excluding carboxylic acids is 2. The Morgan fingerprint density at radius 3 is 1.90 bits per heavy atom. The standard InChI is InChI=1S/C20H19FN2O6S/c1-28-18(24)20(19(25)29-2)9-15(12-3-6-14(7-4-12)30(22,26)27)16(10-20)13-5-8-17(21)23-11-13/h3-8,11H,9-10H2,1-2H3,(H2,22,26,27). The van der Waals surface area contributed by atoms with E-state index in [1.54, 1.807) is 0 Å². The Kier molecular flexibility index (Phi) is 5.73. The number of benzene rings is 1. The number of pyridine rings is 1. The number of methoxy groups -OCH3 is 2. The second-order valence-corrected chi connectivity index (χ2v) is 8.38. The normalized spacial score (nSPS) is 15.7. The second kappa shape index (κ2) is 7.96. The van der Waals surface area contributed by atoms with Crippen LogP contribution in [0.25, 0.3) is 11.1 Å². The van der Waals surface area contributed by atoms with E-state index in [0.717, 1.165) is 0 Å². The highest BCUT2D eigenvalue weighted by atomic mass is 32.2. The second-order valence-electron chi connectivity index (χ2n) is 6.81. The fraction of sp³-hybridized carbons (Fsp3) is 0.250. The van der Waals surface area contributed by atoms with E-state index in [0.29, 0.717) is 22.3 Å². The average Bonchev–Trinajstić information content (AvgIpc) is 3.14. The number of carbonyl (C=O) groups is 2. The topological polar surface area (TPSA) is 126 Å². The lowest BCUT2D eigenvalue weighted by Gasteiger charge is -2.23. The van der Waals surface area contributed by atoms with Crippen LogP contribution in [-0.4, -0.2) is 39.6 Å². The van der Waals surface area contributed by atoms with Gasteiger partial charge in [0.25, 0.3) is 0 Å². The maximum Gasteiger partial charge on any atom is 0.323 e. The van der Waals surface area contributed by atoms with E-state index in [2.05, 4.69) is 4.98 Å². The number of sulfonamides is 1. The molecule has 1 aromatic heterocycles. The summed E-state index contributed by atoms with van der Waals surface area (Å²) in [5.41, 5.74) is 0.607. The Balaban J connectivity index is 2.17. The van der Waals surface area contributed by atoms with Gasteiger partial charge in [0.05, 0.1) is 19.1 Å². The number of ether oxygens (including phenoxy) is 2. The zero-order valence-electron chi connectivity index (χ0n) is 16.2. The Hall–Kier alpha value is -3.11. The first-order valence-corrected chi connectivity index (χ1v) is 10.3. The molecule has 1 aromatic carbocycles. The summed E-state index contributed by atoms with van der Waals surface area (Å²) in [6.07, 6.45) is 1.20. The van der Waals surface area contributed by atoms with Gasteiger partial charge in [-0.25, -0.2) is 18.5 Å². The Morgan fingerprint density at radius 2 is 1.47 bits per heavy atom. The van der Waals surface area contributed by atoms with Crippen molar-refractivity contribution < 1.29 is 31.9 Å². The largest absolute Gasteiger partial charge is 0.468 e. The van der Waals surface area contributed by atoms with Crippen molar-refractivity contribution in [1.82, 2.24) is 4.98 Å². The number of esters is 2. The fourth-order valence-electron chi connectivity index (χ4n) is 3.59. The predicted molar refractivity (Wildman–Crippen MR) is 105 cm³/mol. The van der Waals surface area contributed by atoms with Gasteiger partial charge in [0.1, 0.15) is 0 Å². The lowest BCUT2D eigenvalue weighted by Crippen LogP contribution is -2.39. The molecule has 0 saturated heterocycles. The van der Waals surface area contributed by atoms with Gasteiger partial charge in [0.15, 0.2) is 5.41 Å². The van der Waals surface area contributed by atoms with Crippen molar-refractivity contribution >= 4 is 33.1 Å². The summed E-state index contributed by atoms with van der Waals surface area (Å²) in [5, 5.41) is 5.15. The minimum absolute atomic E-state index is 0.0478. The van der Waals surface area contributed by atoms with E-state index in [4.69, 9.17) is 14.6 Å². The minimum Gasteiger partial charge on any atom is -0.468 e. The highest BCUT2D eigenvalue weighted by Crippen LogP contribution is 2.51. The van der Waals surface area contributed by atoms with Crippen molar-refractivity contribution in [2.45, 2.75) is 17.7 Å². The number of hydrogen-bond acceptors (Lipinski definition) is 7. The Labute approximate surface area is 172 Å². The Bertz CT molecular complexity index is 1110. The summed E-state index contributed by atoms with van der Waals surface area (Å²) in [7, 11) is -1.54. The molecule has 1 aliphatic carbocycles. The van der Waals surface area contributed by atoms with Crippen LogP contribution in [0.4, 0.5) is 4.39 Å². The van der Waals surface area contributed by atoms with Crippen molar-refractivity contribution in [2.75, 3.05) is 14.2 Å². The summed E-state index contributed by atoms with van der Waals surface area (Å²) in [6.45, 7) is 0. The van der Waals surface area contributed by atoms with Crippen LogP contribution >= 0.6 is 0 Å². The molecule has 3 rings (SSSR count). The minimum atomic E-state index is -3.89. The van der Waals surface area contributed by atoms with Gasteiger partial charge in [-0.2, -0.15) is 4.39 Å². The zero-order valence-corrected chi connectivity index (χ0v) is 17.0. The van der Waals surface area contributed by atoms with E-state index in [1.165, 1.54) is 56.8 Å². The summed E-state index contributed by atoms with van der Waals surface area (Å²) in [4.78, 5) is 28.8. The van der Waals surface area contributed by atoms with Gasteiger partial charge in [-0.15, -0.1) is 0 Å². The molecule has 10 heteroatoms. The van der Waals surface area contributed by atoms with Gasteiger partial charge in [-0.1, -0.05) is 12.1 Å². The first-order valence-electron chi connectivity index (χ1n) is 8.76. The van der Waals surface area contributed by atoms with Gasteiger partial charge in [0, 0.05) is 19.0 Å². The summed E-state index contributed by atoms with van der Waals surface area (Å²) in [6, 6.07) is 8.36. The maximum absolute atomic E-state index is 13.3. The quantitative estimate of drug-likeness (QED) is 0.433. The molecule has 0 spiro atoms. The molecule has 0 atom stereocenters. The molecular weight excluding hydrogens is 415 g/mol. The van der Waals surface area contributed by atoms with Crippen LogP contribution in [0, 0.1) is 11.4 Å². The monoisotopic (exact) mass is 434 g/mol. The molecule has 0 amide bonds. The van der Waals surface area contributed by atoms with Crippen molar-refractivity contribution in [3.63, 3.8) is 0 Å². The summed E-state index contributed by atoms with van der Waals surface area (Å²) in [5.74, 6) is -2.21. The first kappa shape index (κ1) is 21.6. The summed E-state index contributed by atoms with van der Waals surface area (Å²) >= 11 is 0.